The molecule has 0 radical (unpaired) electrons. The second-order valence-electron chi connectivity index (χ2n) is 9.79. The Morgan fingerprint density at radius 3 is 1.70 bits per heavy atom. The molecule has 0 aromatic heterocycles. The van der Waals surface area contributed by atoms with Crippen LogP contribution in [0.3, 0.4) is 0 Å². The summed E-state index contributed by atoms with van der Waals surface area (Å²) in [6, 6.07) is 12.0. The van der Waals surface area contributed by atoms with Gasteiger partial charge in [0.2, 0.25) is 0 Å². The minimum atomic E-state index is -2.13. The Bertz CT molecular complexity index is 1720. The predicted octanol–water partition coefficient (Wildman–Crippen LogP) is 9.96. The van der Waals surface area contributed by atoms with E-state index < -0.39 is 51.9 Å². The summed E-state index contributed by atoms with van der Waals surface area (Å²) < 4.78 is 115. The topological polar surface area (TPSA) is 18.5 Å². The summed E-state index contributed by atoms with van der Waals surface area (Å²) in [4.78, 5) is 0. The molecule has 0 aliphatic carbocycles. The van der Waals surface area contributed by atoms with E-state index in [0.717, 1.165) is 24.6 Å². The highest BCUT2D eigenvalue weighted by Crippen LogP contribution is 2.37. The molecule has 44 heavy (non-hydrogen) atoms. The van der Waals surface area contributed by atoms with Gasteiger partial charge in [0, 0.05) is 5.56 Å². The lowest BCUT2D eigenvalue weighted by Crippen LogP contribution is -2.00. The molecule has 0 spiro atoms. The number of methoxy groups -OCH3 is 1. The van der Waals surface area contributed by atoms with Crippen LogP contribution in [-0.4, -0.2) is 13.7 Å². The highest BCUT2D eigenvalue weighted by molar-refractivity contribution is 5.85. The lowest BCUT2D eigenvalue weighted by Gasteiger charge is -2.12. The average Bonchev–Trinajstić information content (AvgIpc) is 2.98. The molecule has 0 N–H and O–H groups in total. The first kappa shape index (κ1) is 32.2. The molecule has 0 bridgehead atoms. The number of rotatable bonds is 9. The smallest absolute Gasteiger partial charge is 0.172 e. The first-order valence-electron chi connectivity index (χ1n) is 13.7. The van der Waals surface area contributed by atoms with Gasteiger partial charge >= 0.3 is 0 Å². The minimum Gasteiger partial charge on any atom is -0.495 e. The van der Waals surface area contributed by atoms with Crippen LogP contribution < -0.4 is 9.47 Å². The second-order valence-corrected chi connectivity index (χ2v) is 9.79. The number of hydrogen-bond donors (Lipinski definition) is 0. The van der Waals surface area contributed by atoms with E-state index in [0.29, 0.717) is 36.5 Å². The molecule has 2 nitrogen and oxygen atoms in total. The van der Waals surface area contributed by atoms with Crippen molar-refractivity contribution in [1.82, 2.24) is 0 Å². The van der Waals surface area contributed by atoms with Crippen LogP contribution in [0.5, 0.6) is 11.5 Å². The van der Waals surface area contributed by atoms with E-state index in [1.807, 2.05) is 6.92 Å². The Labute approximate surface area is 250 Å². The molecule has 0 amide bonds. The molecule has 0 unspecified atom stereocenters. The standard InChI is InChI=1S/C35H27F7O2/c1-4-6-21-14-27(37)32(28(38)15-21)34(41)35(42)33-29(39)17-22(18-30(33)40)23-16-26(36)25(31(19-23)43-3)12-9-20-7-10-24(11-8-20)44-13-5-2/h7-8,10-11,14-19H,4-6,13H2,1-3H3/b35-34+. The van der Waals surface area contributed by atoms with Crippen LogP contribution >= 0.6 is 0 Å². The Morgan fingerprint density at radius 1 is 0.659 bits per heavy atom. The Hall–Kier alpha value is -4.71. The van der Waals surface area contributed by atoms with Crippen molar-refractivity contribution in [1.29, 1.82) is 0 Å². The summed E-state index contributed by atoms with van der Waals surface area (Å²) in [6.07, 6.45) is 1.68. The Kier molecular flexibility index (Phi) is 10.4. The van der Waals surface area contributed by atoms with Gasteiger partial charge in [0.15, 0.2) is 11.7 Å². The lowest BCUT2D eigenvalue weighted by molar-refractivity contribution is 0.317. The zero-order chi connectivity index (χ0) is 32.0. The monoisotopic (exact) mass is 612 g/mol. The van der Waals surface area contributed by atoms with Crippen molar-refractivity contribution in [3.05, 3.63) is 118 Å². The minimum absolute atomic E-state index is 0.0464. The summed E-state index contributed by atoms with van der Waals surface area (Å²) in [5.41, 5.74) is -2.48. The quantitative estimate of drug-likeness (QED) is 0.106. The third-order valence-electron chi connectivity index (χ3n) is 6.58. The van der Waals surface area contributed by atoms with E-state index in [9.17, 15) is 13.2 Å². The number of halogens is 7. The lowest BCUT2D eigenvalue weighted by atomic mass is 9.99. The van der Waals surface area contributed by atoms with Crippen LogP contribution in [0.15, 0.2) is 60.7 Å². The molecule has 4 rings (SSSR count). The van der Waals surface area contributed by atoms with E-state index in [1.54, 1.807) is 31.2 Å². The fourth-order valence-corrected chi connectivity index (χ4v) is 4.46. The van der Waals surface area contributed by atoms with Gasteiger partial charge in [-0.25, -0.2) is 30.7 Å². The molecule has 0 atom stereocenters. The third kappa shape index (κ3) is 7.08. The molecule has 0 heterocycles. The van der Waals surface area contributed by atoms with Crippen LogP contribution in [0.2, 0.25) is 0 Å². The maximum atomic E-state index is 15.2. The van der Waals surface area contributed by atoms with Crippen LogP contribution in [0, 0.1) is 40.9 Å². The maximum Gasteiger partial charge on any atom is 0.172 e. The van der Waals surface area contributed by atoms with Gasteiger partial charge in [-0.3, -0.25) is 0 Å². The van der Waals surface area contributed by atoms with E-state index in [-0.39, 0.29) is 34.4 Å². The summed E-state index contributed by atoms with van der Waals surface area (Å²) in [5, 5.41) is 0. The zero-order valence-electron chi connectivity index (χ0n) is 24.1. The van der Waals surface area contributed by atoms with Crippen molar-refractivity contribution in [3.63, 3.8) is 0 Å². The van der Waals surface area contributed by atoms with Gasteiger partial charge in [0.25, 0.3) is 0 Å². The van der Waals surface area contributed by atoms with E-state index in [4.69, 9.17) is 9.47 Å². The van der Waals surface area contributed by atoms with Crippen molar-refractivity contribution in [2.24, 2.45) is 0 Å². The molecule has 0 aliphatic heterocycles. The highest BCUT2D eigenvalue weighted by atomic mass is 19.2. The molecule has 0 aliphatic rings. The molecule has 4 aromatic carbocycles. The van der Waals surface area contributed by atoms with Crippen LogP contribution in [0.25, 0.3) is 22.8 Å². The van der Waals surface area contributed by atoms with E-state index in [2.05, 4.69) is 11.8 Å². The summed E-state index contributed by atoms with van der Waals surface area (Å²) in [7, 11) is 1.25. The van der Waals surface area contributed by atoms with Gasteiger partial charge in [0.05, 0.1) is 24.8 Å². The fourth-order valence-electron chi connectivity index (χ4n) is 4.46. The zero-order valence-corrected chi connectivity index (χ0v) is 24.1. The van der Waals surface area contributed by atoms with Gasteiger partial charge in [-0.1, -0.05) is 32.1 Å². The maximum absolute atomic E-state index is 15.2. The molecular weight excluding hydrogens is 585 g/mol. The van der Waals surface area contributed by atoms with Crippen molar-refractivity contribution in [2.75, 3.05) is 13.7 Å². The van der Waals surface area contributed by atoms with Gasteiger partial charge < -0.3 is 9.47 Å². The Balaban J connectivity index is 1.68. The highest BCUT2D eigenvalue weighted by Gasteiger charge is 2.26. The first-order valence-corrected chi connectivity index (χ1v) is 13.7. The number of aryl methyl sites for hydroxylation is 1. The van der Waals surface area contributed by atoms with Gasteiger partial charge in [0.1, 0.15) is 46.1 Å². The molecule has 9 heteroatoms. The van der Waals surface area contributed by atoms with Crippen molar-refractivity contribution in [2.45, 2.75) is 33.1 Å². The summed E-state index contributed by atoms with van der Waals surface area (Å²) in [6.45, 7) is 4.30. The largest absolute Gasteiger partial charge is 0.495 e. The van der Waals surface area contributed by atoms with E-state index in [1.165, 1.54) is 13.2 Å². The number of benzene rings is 4. The van der Waals surface area contributed by atoms with Gasteiger partial charge in [-0.15, -0.1) is 0 Å². The van der Waals surface area contributed by atoms with Crippen molar-refractivity contribution >= 4 is 11.7 Å². The summed E-state index contributed by atoms with van der Waals surface area (Å²) in [5.74, 6) is -4.97. The van der Waals surface area contributed by atoms with Crippen LogP contribution in [-0.2, 0) is 6.42 Å². The van der Waals surface area contributed by atoms with Crippen molar-refractivity contribution in [3.8, 4) is 34.5 Å². The fraction of sp³-hybridized carbons (Fsp3) is 0.200. The number of ether oxygens (including phenoxy) is 2. The van der Waals surface area contributed by atoms with Crippen LogP contribution in [0.1, 0.15) is 54.5 Å². The van der Waals surface area contributed by atoms with Crippen LogP contribution in [0.4, 0.5) is 30.7 Å². The third-order valence-corrected chi connectivity index (χ3v) is 6.58. The summed E-state index contributed by atoms with van der Waals surface area (Å²) >= 11 is 0. The molecule has 4 aromatic rings. The van der Waals surface area contributed by atoms with Gasteiger partial charge in [-0.05, 0) is 90.2 Å². The van der Waals surface area contributed by atoms with Crippen molar-refractivity contribution < 1.29 is 40.2 Å². The predicted molar refractivity (Wildman–Crippen MR) is 156 cm³/mol. The molecular formula is C35H27F7O2. The Morgan fingerprint density at radius 2 is 1.18 bits per heavy atom. The first-order chi connectivity index (χ1) is 21.1. The normalized spacial score (nSPS) is 11.5. The molecule has 0 saturated heterocycles. The molecule has 228 valence electrons. The molecule has 0 fully saturated rings. The molecule has 0 saturated carbocycles. The van der Waals surface area contributed by atoms with E-state index >= 15 is 17.6 Å². The van der Waals surface area contributed by atoms with Gasteiger partial charge in [-0.2, -0.15) is 0 Å². The average molecular weight is 613 g/mol. The second kappa shape index (κ2) is 14.2. The number of hydrogen-bond acceptors (Lipinski definition) is 2. The SMILES string of the molecule is CCCOc1ccc(C#Cc2c(F)cc(-c3cc(F)c(/C(F)=C(\F)c4c(F)cc(CCC)cc4F)c(F)c3)cc2OC)cc1.